The van der Waals surface area contributed by atoms with Gasteiger partial charge in [-0.3, -0.25) is 14.5 Å². The smallest absolute Gasteiger partial charge is 0.224 e. The minimum Gasteiger partial charge on any atom is -0.349 e. The van der Waals surface area contributed by atoms with Crippen molar-refractivity contribution in [1.82, 2.24) is 20.1 Å². The zero-order valence-corrected chi connectivity index (χ0v) is 18.6. The van der Waals surface area contributed by atoms with Crippen LogP contribution in [0.15, 0.2) is 60.8 Å². The number of pyridine rings is 1. The highest BCUT2D eigenvalue weighted by Crippen LogP contribution is 2.30. The van der Waals surface area contributed by atoms with E-state index in [4.69, 9.17) is 4.98 Å². The lowest BCUT2D eigenvalue weighted by atomic mass is 9.92. The molecule has 0 saturated carbocycles. The average molecular weight is 425 g/mol. The number of fused-ring (bicyclic) bond motifs is 2. The molecule has 0 aliphatic heterocycles. The fraction of sp³-hybridized carbons (Fsp3) is 0.296. The summed E-state index contributed by atoms with van der Waals surface area (Å²) in [7, 11) is 0. The number of amides is 1. The molecule has 2 aromatic heterocycles. The Morgan fingerprint density at radius 3 is 2.72 bits per heavy atom. The molecule has 5 heteroatoms. The van der Waals surface area contributed by atoms with Crippen LogP contribution in [0.25, 0.3) is 10.9 Å². The summed E-state index contributed by atoms with van der Waals surface area (Å²) in [6, 6.07) is 18.5. The molecule has 4 aromatic rings. The molecule has 1 aliphatic carbocycles. The first kappa shape index (κ1) is 20.4. The number of aromatic nitrogens is 3. The fourth-order valence-electron chi connectivity index (χ4n) is 4.90. The summed E-state index contributed by atoms with van der Waals surface area (Å²) in [6.45, 7) is 4.85. The zero-order chi connectivity index (χ0) is 22.1. The number of carbonyl (C=O) groups is 1. The molecule has 1 amide bonds. The number of rotatable bonds is 5. The Bertz CT molecular complexity index is 1280. The van der Waals surface area contributed by atoms with Gasteiger partial charge in [0.15, 0.2) is 0 Å². The van der Waals surface area contributed by atoms with Gasteiger partial charge >= 0.3 is 0 Å². The van der Waals surface area contributed by atoms with Crippen LogP contribution in [0, 0.1) is 13.8 Å². The van der Waals surface area contributed by atoms with Gasteiger partial charge in [-0.25, -0.2) is 0 Å². The number of nitrogens with one attached hydrogen (secondary N) is 1. The molecule has 1 atom stereocenters. The number of aryl methyl sites for hydroxylation is 2. The van der Waals surface area contributed by atoms with E-state index in [1.807, 2.05) is 37.4 Å². The van der Waals surface area contributed by atoms with Crippen molar-refractivity contribution in [3.05, 3.63) is 94.4 Å². The van der Waals surface area contributed by atoms with Gasteiger partial charge in [-0.15, -0.1) is 0 Å². The lowest BCUT2D eigenvalue weighted by Crippen LogP contribution is -2.32. The number of benzene rings is 2. The van der Waals surface area contributed by atoms with Crippen LogP contribution >= 0.6 is 0 Å². The molecule has 2 heterocycles. The molecule has 0 radical (unpaired) electrons. The van der Waals surface area contributed by atoms with Gasteiger partial charge in [0, 0.05) is 22.3 Å². The van der Waals surface area contributed by atoms with Crippen molar-refractivity contribution in [3.63, 3.8) is 0 Å². The third-order valence-electron chi connectivity index (χ3n) is 6.60. The van der Waals surface area contributed by atoms with Crippen molar-refractivity contribution in [2.75, 3.05) is 0 Å². The standard InChI is InChI=1S/C27H28N4O/c1-18-21-11-6-7-12-24(21)29-19(2)22(18)15-27(32)30-25-13-8-14-26-23(25)16-28-31(26)17-20-9-4-3-5-10-20/h3-7,9-12,16,25H,8,13-15,17H2,1-2H3,(H,30,32). The maximum atomic E-state index is 13.1. The van der Waals surface area contributed by atoms with E-state index >= 15 is 0 Å². The maximum absolute atomic E-state index is 13.1. The third-order valence-corrected chi connectivity index (χ3v) is 6.60. The van der Waals surface area contributed by atoms with Crippen LogP contribution in [0.2, 0.25) is 0 Å². The molecule has 0 fully saturated rings. The third kappa shape index (κ3) is 3.91. The van der Waals surface area contributed by atoms with Gasteiger partial charge in [0.05, 0.1) is 30.7 Å². The summed E-state index contributed by atoms with van der Waals surface area (Å²) >= 11 is 0. The highest BCUT2D eigenvalue weighted by Gasteiger charge is 2.26. The maximum Gasteiger partial charge on any atom is 0.224 e. The first-order chi connectivity index (χ1) is 15.6. The zero-order valence-electron chi connectivity index (χ0n) is 18.6. The highest BCUT2D eigenvalue weighted by molar-refractivity contribution is 5.86. The largest absolute Gasteiger partial charge is 0.349 e. The van der Waals surface area contributed by atoms with E-state index < -0.39 is 0 Å². The Kier molecular flexibility index (Phi) is 5.48. The monoisotopic (exact) mass is 424 g/mol. The minimum atomic E-state index is 0.0183. The molecule has 0 saturated heterocycles. The number of carbonyl (C=O) groups excluding carboxylic acids is 1. The molecule has 32 heavy (non-hydrogen) atoms. The number of para-hydroxylation sites is 1. The number of nitrogens with zero attached hydrogens (tertiary/aromatic N) is 3. The van der Waals surface area contributed by atoms with Gasteiger partial charge < -0.3 is 5.32 Å². The van der Waals surface area contributed by atoms with Crippen LogP contribution in [0.5, 0.6) is 0 Å². The summed E-state index contributed by atoms with van der Waals surface area (Å²) in [4.78, 5) is 17.8. The van der Waals surface area contributed by atoms with Crippen molar-refractivity contribution in [2.24, 2.45) is 0 Å². The van der Waals surface area contributed by atoms with Crippen molar-refractivity contribution in [3.8, 4) is 0 Å². The van der Waals surface area contributed by atoms with Crippen molar-refractivity contribution < 1.29 is 4.79 Å². The number of hydrogen-bond acceptors (Lipinski definition) is 3. The molecule has 0 spiro atoms. The molecule has 2 aromatic carbocycles. The summed E-state index contributed by atoms with van der Waals surface area (Å²) in [5, 5.41) is 9.05. The first-order valence-corrected chi connectivity index (χ1v) is 11.3. The predicted octanol–water partition coefficient (Wildman–Crippen LogP) is 4.83. The normalized spacial score (nSPS) is 15.5. The van der Waals surface area contributed by atoms with Crippen LogP contribution in [-0.4, -0.2) is 20.7 Å². The summed E-state index contributed by atoms with van der Waals surface area (Å²) in [6.07, 6.45) is 5.29. The van der Waals surface area contributed by atoms with E-state index in [0.29, 0.717) is 6.42 Å². The van der Waals surface area contributed by atoms with E-state index in [1.165, 1.54) is 11.3 Å². The second kappa shape index (κ2) is 8.58. The first-order valence-electron chi connectivity index (χ1n) is 11.3. The van der Waals surface area contributed by atoms with E-state index in [-0.39, 0.29) is 11.9 Å². The molecular formula is C27H28N4O. The predicted molar refractivity (Wildman–Crippen MR) is 127 cm³/mol. The van der Waals surface area contributed by atoms with E-state index in [9.17, 15) is 4.79 Å². The molecule has 5 nitrogen and oxygen atoms in total. The fourth-order valence-corrected chi connectivity index (χ4v) is 4.90. The summed E-state index contributed by atoms with van der Waals surface area (Å²) < 4.78 is 2.09. The van der Waals surface area contributed by atoms with E-state index in [2.05, 4.69) is 52.4 Å². The van der Waals surface area contributed by atoms with Crippen LogP contribution < -0.4 is 5.32 Å². The molecule has 1 aliphatic rings. The van der Waals surface area contributed by atoms with Gasteiger partial charge in [-0.05, 0) is 55.9 Å². The Morgan fingerprint density at radius 1 is 1.09 bits per heavy atom. The number of hydrogen-bond donors (Lipinski definition) is 1. The second-order valence-electron chi connectivity index (χ2n) is 8.70. The van der Waals surface area contributed by atoms with Gasteiger partial charge in [0.2, 0.25) is 5.91 Å². The second-order valence-corrected chi connectivity index (χ2v) is 8.70. The van der Waals surface area contributed by atoms with Gasteiger partial charge in [0.1, 0.15) is 0 Å². The molecule has 162 valence electrons. The highest BCUT2D eigenvalue weighted by atomic mass is 16.1. The van der Waals surface area contributed by atoms with Crippen molar-refractivity contribution >= 4 is 16.8 Å². The molecule has 1 unspecified atom stereocenters. The van der Waals surface area contributed by atoms with Gasteiger partial charge in [0.25, 0.3) is 0 Å². The molecule has 1 N–H and O–H groups in total. The summed E-state index contributed by atoms with van der Waals surface area (Å²) in [5.41, 5.74) is 7.71. The average Bonchev–Trinajstić information content (AvgIpc) is 3.21. The quantitative estimate of drug-likeness (QED) is 0.499. The molecule has 0 bridgehead atoms. The van der Waals surface area contributed by atoms with E-state index in [0.717, 1.165) is 59.1 Å². The van der Waals surface area contributed by atoms with Gasteiger partial charge in [-0.1, -0.05) is 48.5 Å². The lowest BCUT2D eigenvalue weighted by Gasteiger charge is -2.24. The summed E-state index contributed by atoms with van der Waals surface area (Å²) in [5.74, 6) is 0.0435. The Balaban J connectivity index is 1.34. The Hall–Kier alpha value is -3.47. The van der Waals surface area contributed by atoms with Crippen LogP contribution in [-0.2, 0) is 24.2 Å². The van der Waals surface area contributed by atoms with Crippen LogP contribution in [0.3, 0.4) is 0 Å². The topological polar surface area (TPSA) is 59.8 Å². The SMILES string of the molecule is Cc1nc2ccccc2c(C)c1CC(=O)NC1CCCc2c1cnn2Cc1ccccc1. The van der Waals surface area contributed by atoms with Crippen molar-refractivity contribution in [1.29, 1.82) is 0 Å². The van der Waals surface area contributed by atoms with E-state index in [1.54, 1.807) is 0 Å². The lowest BCUT2D eigenvalue weighted by molar-refractivity contribution is -0.121. The van der Waals surface area contributed by atoms with Crippen LogP contribution in [0.4, 0.5) is 0 Å². The van der Waals surface area contributed by atoms with Crippen molar-refractivity contribution in [2.45, 2.75) is 52.1 Å². The minimum absolute atomic E-state index is 0.0183. The van der Waals surface area contributed by atoms with Crippen LogP contribution in [0.1, 0.15) is 52.5 Å². The Labute approximate surface area is 188 Å². The molecular weight excluding hydrogens is 396 g/mol. The van der Waals surface area contributed by atoms with Gasteiger partial charge in [-0.2, -0.15) is 5.10 Å². The molecule has 5 rings (SSSR count). The Morgan fingerprint density at radius 2 is 1.88 bits per heavy atom.